The molecule has 8 aliphatic heterocycles. The van der Waals surface area contributed by atoms with Crippen LogP contribution in [0.15, 0.2) is 152 Å². The zero-order valence-electron chi connectivity index (χ0n) is 54.0. The van der Waals surface area contributed by atoms with Crippen molar-refractivity contribution in [1.82, 2.24) is 20.0 Å². The lowest BCUT2D eigenvalue weighted by Gasteiger charge is -2.46. The minimum absolute atomic E-state index is 0.0590. The third kappa shape index (κ3) is 17.6. The molecule has 15 nitrogen and oxygen atoms in total. The van der Waals surface area contributed by atoms with Crippen molar-refractivity contribution in [3.05, 3.63) is 245 Å². The Kier molecular flexibility index (Phi) is 23.8. The summed E-state index contributed by atoms with van der Waals surface area (Å²) in [6.45, 7) is 10.8. The fraction of sp³-hybridized carbons (Fsp3) is 0.346. The first-order valence-electron chi connectivity index (χ1n) is 32.7. The standard InChI is InChI=1S/C27H29FN2O2.C19H15FO.C18H16FNO.C7H6N2O4.C7H14N2/c1-2-15-32-24-8-5-20-11-14-30(26(31)16-22-18-29-12-9-19(22)10-13-29)27(25(20)17-24)21-3-6-23(28)7-4-21;1-2-12-21-17-11-8-14-4-3-5-18(19(14)13-17)15-6-9-16(20)10-7-15;1-2-11-21-16-8-5-13-9-10-20-18(17(13)12-16)14-3-6-15(19)7-4-14;1-5-6(8(10)11)3-2-4-7(5)9(12)13;8-7-5-9-3-1-6(7)2-4-9/h1,3-8,17,19,22,27H,9-16,18H2;1,5-11,13H,3-4,12H2;1,3-8,12,18,20H,9-11H2;2-4H,1H3;6-7H,1-5,8H2/t22-,27+;;18-;;7-/m1.0.1/s1. The molecule has 4 bridgehead atoms. The van der Waals surface area contributed by atoms with E-state index in [1.54, 1.807) is 12.1 Å². The Balaban J connectivity index is 0.000000138. The molecule has 496 valence electrons. The largest absolute Gasteiger partial charge is 0.481 e. The fourth-order valence-corrected chi connectivity index (χ4v) is 14.1. The molecule has 0 saturated carbocycles. The van der Waals surface area contributed by atoms with Crippen molar-refractivity contribution in [2.24, 2.45) is 23.5 Å². The molecule has 0 aromatic heterocycles. The molecule has 1 amide bonds. The van der Waals surface area contributed by atoms with Crippen LogP contribution in [0.1, 0.15) is 106 Å². The highest BCUT2D eigenvalue weighted by atomic mass is 19.1. The molecule has 18 heteroatoms. The van der Waals surface area contributed by atoms with E-state index in [0.29, 0.717) is 36.6 Å². The predicted octanol–water partition coefficient (Wildman–Crippen LogP) is 13.2. The number of nitrogens with two attached hydrogens (primary N) is 1. The Hall–Kier alpha value is -9.74. The first-order valence-corrected chi connectivity index (χ1v) is 32.7. The number of halogens is 3. The number of nitrogens with one attached hydrogen (secondary N) is 1. The molecule has 4 atom stereocenters. The number of allylic oxidation sites excluding steroid dienone is 1. The molecule has 9 aliphatic rings. The molecule has 0 unspecified atom stereocenters. The van der Waals surface area contributed by atoms with Crippen LogP contribution in [0.5, 0.6) is 17.2 Å². The topological polar surface area (TPSA) is 179 Å². The molecular formula is C78H80F3N7O8. The van der Waals surface area contributed by atoms with Gasteiger partial charge in [-0.1, -0.05) is 78.4 Å². The number of nitro groups is 2. The first-order chi connectivity index (χ1) is 46.6. The van der Waals surface area contributed by atoms with E-state index in [-0.39, 0.29) is 72.2 Å². The molecule has 0 radical (unpaired) electrons. The van der Waals surface area contributed by atoms with Gasteiger partial charge in [-0.2, -0.15) is 0 Å². The van der Waals surface area contributed by atoms with Gasteiger partial charge < -0.3 is 40.0 Å². The monoisotopic (exact) mass is 1300 g/mol. The lowest BCUT2D eigenvalue weighted by molar-refractivity contribution is -0.395. The van der Waals surface area contributed by atoms with E-state index in [1.807, 2.05) is 65.6 Å². The molecule has 96 heavy (non-hydrogen) atoms. The van der Waals surface area contributed by atoms with Crippen molar-refractivity contribution in [3.63, 3.8) is 0 Å². The number of benzene rings is 7. The van der Waals surface area contributed by atoms with Gasteiger partial charge in [-0.3, -0.25) is 25.0 Å². The summed E-state index contributed by atoms with van der Waals surface area (Å²) >= 11 is 0. The highest BCUT2D eigenvalue weighted by Crippen LogP contribution is 2.41. The summed E-state index contributed by atoms with van der Waals surface area (Å²) < 4.78 is 56.5. The summed E-state index contributed by atoms with van der Waals surface area (Å²) in [6.07, 6.45) is 27.5. The zero-order chi connectivity index (χ0) is 67.7. The second kappa shape index (κ2) is 33.1. The highest BCUT2D eigenvalue weighted by Gasteiger charge is 2.39. The van der Waals surface area contributed by atoms with Crippen LogP contribution >= 0.6 is 0 Å². The van der Waals surface area contributed by atoms with Crippen LogP contribution in [0, 0.1) is 99.4 Å². The van der Waals surface area contributed by atoms with Gasteiger partial charge in [0.1, 0.15) is 60.1 Å². The third-order valence-corrected chi connectivity index (χ3v) is 19.1. The van der Waals surface area contributed by atoms with Crippen LogP contribution < -0.4 is 25.3 Å². The predicted molar refractivity (Wildman–Crippen MR) is 367 cm³/mol. The van der Waals surface area contributed by atoms with Crippen molar-refractivity contribution in [1.29, 1.82) is 0 Å². The van der Waals surface area contributed by atoms with Gasteiger partial charge in [0.05, 0.1) is 21.9 Å². The van der Waals surface area contributed by atoms with E-state index in [0.717, 1.165) is 96.1 Å². The zero-order valence-corrected chi connectivity index (χ0v) is 54.0. The van der Waals surface area contributed by atoms with Gasteiger partial charge in [0.25, 0.3) is 11.4 Å². The normalized spacial score (nSPS) is 21.3. The number of fused-ring (bicyclic) bond motifs is 9. The molecule has 3 N–H and O–H groups in total. The molecule has 16 rings (SSSR count). The summed E-state index contributed by atoms with van der Waals surface area (Å²) in [4.78, 5) is 40.1. The minimum Gasteiger partial charge on any atom is -0.481 e. The SMILES string of the molecule is C#CCOc1ccc2c(c1)C(c1ccc(F)cc1)=CCC2.C#CCOc1ccc2c(c1)[C@H](c1ccc(F)cc1)N(C(=O)C[C@@H]1CN3CCC1CC3)CC2.C#CCOc1ccc2c(c1)[C@H](c1ccc(F)cc1)NCC2.Cc1c([N+](=O)[O-])cccc1[N+](=O)[O-].N[C@@H]1CN2CCC1CC2. The summed E-state index contributed by atoms with van der Waals surface area (Å²) in [5.41, 5.74) is 16.7. The Morgan fingerprint density at radius 2 is 1.10 bits per heavy atom. The van der Waals surface area contributed by atoms with Gasteiger partial charge in [-0.05, 0) is 237 Å². The second-order valence-corrected chi connectivity index (χ2v) is 25.0. The number of nitro benzene ring substituents is 2. The number of carbonyl (C=O) groups is 1. The van der Waals surface area contributed by atoms with Crippen molar-refractivity contribution < 1.29 is 42.0 Å². The third-order valence-electron chi connectivity index (χ3n) is 19.1. The molecule has 6 saturated heterocycles. The number of aryl methyl sites for hydroxylation is 1. The molecule has 0 spiro atoms. The number of amides is 1. The average Bonchev–Trinajstić information content (AvgIpc) is 0.770. The Labute approximate surface area is 560 Å². The van der Waals surface area contributed by atoms with Crippen LogP contribution in [0.3, 0.4) is 0 Å². The van der Waals surface area contributed by atoms with Crippen molar-refractivity contribution >= 4 is 22.9 Å². The maximum absolute atomic E-state index is 13.7. The number of nitrogens with zero attached hydrogens (tertiary/aromatic N) is 5. The maximum atomic E-state index is 13.7. The Morgan fingerprint density at radius 3 is 1.60 bits per heavy atom. The number of hydrogen-bond acceptors (Lipinski definition) is 12. The fourth-order valence-electron chi connectivity index (χ4n) is 14.1. The quantitative estimate of drug-likeness (QED) is 0.0635. The Morgan fingerprint density at radius 1 is 0.604 bits per heavy atom. The van der Waals surface area contributed by atoms with Crippen LogP contribution in [-0.4, -0.2) is 109 Å². The molecule has 8 heterocycles. The van der Waals surface area contributed by atoms with E-state index in [1.165, 1.54) is 136 Å². The summed E-state index contributed by atoms with van der Waals surface area (Å²) in [5.74, 6) is 11.1. The molecular weight excluding hydrogens is 1220 g/mol. The van der Waals surface area contributed by atoms with Crippen LogP contribution in [-0.2, 0) is 24.1 Å². The van der Waals surface area contributed by atoms with Crippen LogP contribution in [0.4, 0.5) is 24.5 Å². The van der Waals surface area contributed by atoms with Gasteiger partial charge >= 0.3 is 0 Å². The first kappa shape index (κ1) is 69.1. The van der Waals surface area contributed by atoms with Gasteiger partial charge in [-0.25, -0.2) is 13.2 Å². The van der Waals surface area contributed by atoms with Crippen molar-refractivity contribution in [3.8, 4) is 54.3 Å². The maximum Gasteiger partial charge on any atom is 0.279 e. The number of rotatable bonds is 13. The van der Waals surface area contributed by atoms with E-state index in [4.69, 9.17) is 39.2 Å². The van der Waals surface area contributed by atoms with E-state index in [2.05, 4.69) is 57.2 Å². The highest BCUT2D eigenvalue weighted by molar-refractivity contribution is 5.83. The lowest BCUT2D eigenvalue weighted by Crippen LogP contribution is -2.54. The van der Waals surface area contributed by atoms with Gasteiger partial charge in [0.2, 0.25) is 5.91 Å². The summed E-state index contributed by atoms with van der Waals surface area (Å²) in [6, 6.07) is 41.9. The van der Waals surface area contributed by atoms with Gasteiger partial charge in [0, 0.05) is 50.8 Å². The number of carbonyl (C=O) groups excluding carboxylic acids is 1. The molecule has 7 aromatic carbocycles. The average molecular weight is 1300 g/mol. The number of piperidine rings is 6. The lowest BCUT2D eigenvalue weighted by atomic mass is 9.77. The van der Waals surface area contributed by atoms with E-state index in [9.17, 15) is 38.2 Å². The van der Waals surface area contributed by atoms with Crippen LogP contribution in [0.25, 0.3) is 5.57 Å². The molecule has 1 aliphatic carbocycles. The Bertz CT molecular complexity index is 3980. The smallest absolute Gasteiger partial charge is 0.279 e. The molecule has 6 fully saturated rings. The summed E-state index contributed by atoms with van der Waals surface area (Å²) in [5, 5.41) is 24.2. The molecule has 7 aromatic rings. The number of ether oxygens (including phenoxy) is 3. The van der Waals surface area contributed by atoms with E-state index >= 15 is 0 Å². The number of hydrogen-bond donors (Lipinski definition) is 2. The number of terminal acetylenes is 3. The van der Waals surface area contributed by atoms with Gasteiger partial charge in [-0.15, -0.1) is 19.3 Å². The second-order valence-electron chi connectivity index (χ2n) is 25.0. The van der Waals surface area contributed by atoms with Crippen molar-refractivity contribution in [2.45, 2.75) is 82.8 Å². The summed E-state index contributed by atoms with van der Waals surface area (Å²) in [7, 11) is 0. The minimum atomic E-state index is -0.637. The van der Waals surface area contributed by atoms with E-state index < -0.39 is 9.85 Å². The van der Waals surface area contributed by atoms with Gasteiger partial charge in [0.15, 0.2) is 0 Å². The van der Waals surface area contributed by atoms with Crippen LogP contribution in [0.2, 0.25) is 0 Å². The van der Waals surface area contributed by atoms with Crippen molar-refractivity contribution in [2.75, 3.05) is 72.2 Å².